The molecule has 0 atom stereocenters. The van der Waals surface area contributed by atoms with Gasteiger partial charge in [-0.25, -0.2) is 9.78 Å². The van der Waals surface area contributed by atoms with Crippen molar-refractivity contribution in [3.05, 3.63) is 32.8 Å². The lowest BCUT2D eigenvalue weighted by Crippen LogP contribution is -2.41. The van der Waals surface area contributed by atoms with Crippen molar-refractivity contribution in [1.29, 1.82) is 0 Å². The monoisotopic (exact) mass is 585 g/mol. The first-order valence-corrected chi connectivity index (χ1v) is 12.2. The van der Waals surface area contributed by atoms with Gasteiger partial charge in [-0.2, -0.15) is 0 Å². The molecule has 1 aliphatic rings. The number of ether oxygens (including phenoxy) is 3. The van der Waals surface area contributed by atoms with Crippen molar-refractivity contribution in [3.63, 3.8) is 0 Å². The average molecular weight is 585 g/mol. The van der Waals surface area contributed by atoms with Gasteiger partial charge in [0.25, 0.3) is 5.91 Å². The van der Waals surface area contributed by atoms with Gasteiger partial charge in [0.1, 0.15) is 17.2 Å². The van der Waals surface area contributed by atoms with Gasteiger partial charge in [-0.05, 0) is 81.3 Å². The van der Waals surface area contributed by atoms with Gasteiger partial charge in [0.15, 0.2) is 17.2 Å². The van der Waals surface area contributed by atoms with Crippen LogP contribution in [0.2, 0.25) is 0 Å². The number of nitrogen functional groups attached to an aromatic ring is 1. The zero-order chi connectivity index (χ0) is 25.2. The first kappa shape index (κ1) is 25.9. The molecule has 4 N–H and O–H groups in total. The van der Waals surface area contributed by atoms with Gasteiger partial charge in [-0.3, -0.25) is 4.79 Å². The smallest absolute Gasteiger partial charge is 0.410 e. The molecule has 0 bridgehead atoms. The van der Waals surface area contributed by atoms with E-state index in [-0.39, 0.29) is 30.4 Å². The summed E-state index contributed by atoms with van der Waals surface area (Å²) >= 11 is 2.23. The fourth-order valence-corrected chi connectivity index (χ4v) is 4.25. The number of hydrogen-bond acceptors (Lipinski definition) is 7. The Morgan fingerprint density at radius 3 is 2.50 bits per heavy atom. The predicted octanol–water partition coefficient (Wildman–Crippen LogP) is 3.52. The number of primary amides is 1. The SMILES string of the molecule is CC(C)N(CCCn1c(Cc2cc3c(cc2I)OCO3)nc(C(N)=O)c1N)C(=O)OC(C)(C)C. The second-order valence-electron chi connectivity index (χ2n) is 9.37. The minimum Gasteiger partial charge on any atom is -0.454 e. The Hall–Kier alpha value is -2.70. The molecule has 0 saturated carbocycles. The summed E-state index contributed by atoms with van der Waals surface area (Å²) in [6, 6.07) is 3.78. The number of imidazole rings is 1. The molecule has 1 aliphatic heterocycles. The Balaban J connectivity index is 1.80. The molecule has 0 unspecified atom stereocenters. The van der Waals surface area contributed by atoms with Crippen LogP contribution in [0.25, 0.3) is 0 Å². The molecule has 2 heterocycles. The number of nitrogens with two attached hydrogens (primary N) is 2. The molecular formula is C23H32IN5O5. The molecular weight excluding hydrogens is 553 g/mol. The number of aromatic nitrogens is 2. The van der Waals surface area contributed by atoms with Gasteiger partial charge in [0, 0.05) is 29.1 Å². The quantitative estimate of drug-likeness (QED) is 0.453. The van der Waals surface area contributed by atoms with E-state index in [1.54, 1.807) is 9.47 Å². The molecule has 0 fully saturated rings. The molecule has 0 saturated heterocycles. The van der Waals surface area contributed by atoms with Crippen LogP contribution < -0.4 is 20.9 Å². The van der Waals surface area contributed by atoms with E-state index < -0.39 is 11.5 Å². The zero-order valence-corrected chi connectivity index (χ0v) is 22.3. The Kier molecular flexibility index (Phi) is 7.84. The van der Waals surface area contributed by atoms with Crippen LogP contribution in [0.5, 0.6) is 11.5 Å². The average Bonchev–Trinajstić information content (AvgIpc) is 3.28. The molecule has 0 aliphatic carbocycles. The predicted molar refractivity (Wildman–Crippen MR) is 136 cm³/mol. The van der Waals surface area contributed by atoms with Crippen molar-refractivity contribution in [2.45, 2.75) is 65.6 Å². The lowest BCUT2D eigenvalue weighted by atomic mass is 10.1. The fraction of sp³-hybridized carbons (Fsp3) is 0.522. The Labute approximate surface area is 213 Å². The minimum atomic E-state index is -0.685. The van der Waals surface area contributed by atoms with Gasteiger partial charge >= 0.3 is 6.09 Å². The number of hydrogen-bond donors (Lipinski definition) is 2. The van der Waals surface area contributed by atoms with Crippen molar-refractivity contribution in [2.24, 2.45) is 5.73 Å². The molecule has 34 heavy (non-hydrogen) atoms. The third kappa shape index (κ3) is 6.05. The van der Waals surface area contributed by atoms with Gasteiger partial charge in [-0.1, -0.05) is 0 Å². The van der Waals surface area contributed by atoms with Crippen molar-refractivity contribution >= 4 is 40.4 Å². The Bertz CT molecular complexity index is 1080. The second-order valence-corrected chi connectivity index (χ2v) is 10.5. The van der Waals surface area contributed by atoms with E-state index in [9.17, 15) is 9.59 Å². The van der Waals surface area contributed by atoms with Crippen LogP contribution in [0.15, 0.2) is 12.1 Å². The topological polar surface area (TPSA) is 135 Å². The fourth-order valence-electron chi connectivity index (χ4n) is 3.62. The molecule has 2 amide bonds. The van der Waals surface area contributed by atoms with Gasteiger partial charge in [0.2, 0.25) is 6.79 Å². The van der Waals surface area contributed by atoms with Crippen molar-refractivity contribution in [2.75, 3.05) is 19.1 Å². The second kappa shape index (κ2) is 10.3. The zero-order valence-electron chi connectivity index (χ0n) is 20.2. The lowest BCUT2D eigenvalue weighted by Gasteiger charge is -2.30. The molecule has 10 nitrogen and oxygen atoms in total. The standard InChI is InChI=1S/C23H32IN5O5/c1-13(2)28(22(31)34-23(3,4)5)7-6-8-29-18(27-19(20(29)25)21(26)30)10-14-9-16-17(11-15(14)24)33-12-32-16/h9,11,13H,6-8,10,12,25H2,1-5H3,(H2,26,30). The Morgan fingerprint density at radius 1 is 1.26 bits per heavy atom. The van der Waals surface area contributed by atoms with Crippen LogP contribution in [-0.4, -0.2) is 51.4 Å². The van der Waals surface area contributed by atoms with Crippen molar-refractivity contribution in [3.8, 4) is 11.5 Å². The van der Waals surface area contributed by atoms with E-state index in [0.29, 0.717) is 43.3 Å². The summed E-state index contributed by atoms with van der Waals surface area (Å²) in [4.78, 5) is 30.6. The molecule has 0 spiro atoms. The maximum absolute atomic E-state index is 12.6. The highest BCUT2D eigenvalue weighted by Crippen LogP contribution is 2.36. The van der Waals surface area contributed by atoms with E-state index in [4.69, 9.17) is 25.7 Å². The maximum Gasteiger partial charge on any atom is 0.410 e. The van der Waals surface area contributed by atoms with E-state index in [1.807, 2.05) is 46.8 Å². The van der Waals surface area contributed by atoms with Crippen LogP contribution in [0, 0.1) is 3.57 Å². The highest BCUT2D eigenvalue weighted by molar-refractivity contribution is 14.1. The molecule has 11 heteroatoms. The van der Waals surface area contributed by atoms with Crippen molar-refractivity contribution < 1.29 is 23.8 Å². The number of carbonyl (C=O) groups excluding carboxylic acids is 2. The summed E-state index contributed by atoms with van der Waals surface area (Å²) in [6.45, 7) is 10.5. The molecule has 0 radical (unpaired) electrons. The van der Waals surface area contributed by atoms with Gasteiger partial charge in [0.05, 0.1) is 0 Å². The summed E-state index contributed by atoms with van der Waals surface area (Å²) in [5.74, 6) is 1.50. The summed E-state index contributed by atoms with van der Waals surface area (Å²) < 4.78 is 19.2. The highest BCUT2D eigenvalue weighted by Gasteiger charge is 2.25. The largest absolute Gasteiger partial charge is 0.454 e. The normalized spacial score (nSPS) is 12.8. The lowest BCUT2D eigenvalue weighted by molar-refractivity contribution is 0.0186. The number of anilines is 1. The van der Waals surface area contributed by atoms with E-state index in [0.717, 1.165) is 9.13 Å². The first-order chi connectivity index (χ1) is 15.9. The number of amides is 2. The van der Waals surface area contributed by atoms with Crippen LogP contribution in [-0.2, 0) is 17.7 Å². The van der Waals surface area contributed by atoms with Crippen LogP contribution in [0.3, 0.4) is 0 Å². The highest BCUT2D eigenvalue weighted by atomic mass is 127. The van der Waals surface area contributed by atoms with Crippen LogP contribution in [0.4, 0.5) is 10.6 Å². The third-order valence-electron chi connectivity index (χ3n) is 5.24. The summed E-state index contributed by atoms with van der Waals surface area (Å²) in [5, 5.41) is 0. The number of fused-ring (bicyclic) bond motifs is 1. The van der Waals surface area contributed by atoms with Gasteiger partial charge < -0.3 is 35.1 Å². The summed E-state index contributed by atoms with van der Waals surface area (Å²) in [7, 11) is 0. The third-order valence-corrected chi connectivity index (χ3v) is 6.25. The minimum absolute atomic E-state index is 0.0363. The molecule has 1 aromatic carbocycles. The Morgan fingerprint density at radius 2 is 1.91 bits per heavy atom. The number of rotatable bonds is 8. The van der Waals surface area contributed by atoms with E-state index in [1.165, 1.54) is 0 Å². The number of nitrogens with zero attached hydrogens (tertiary/aromatic N) is 3. The molecule has 2 aromatic rings. The first-order valence-electron chi connectivity index (χ1n) is 11.1. The van der Waals surface area contributed by atoms with Gasteiger partial charge in [-0.15, -0.1) is 0 Å². The van der Waals surface area contributed by atoms with Crippen LogP contribution in [0.1, 0.15) is 62.9 Å². The maximum atomic E-state index is 12.6. The molecule has 3 rings (SSSR count). The molecule has 1 aromatic heterocycles. The number of halogens is 1. The molecule has 186 valence electrons. The van der Waals surface area contributed by atoms with E-state index >= 15 is 0 Å². The van der Waals surface area contributed by atoms with Crippen LogP contribution >= 0.6 is 22.6 Å². The number of benzene rings is 1. The summed E-state index contributed by atoms with van der Waals surface area (Å²) in [5.41, 5.74) is 12.2. The number of carbonyl (C=O) groups is 2. The summed E-state index contributed by atoms with van der Waals surface area (Å²) in [6.07, 6.45) is 0.641. The van der Waals surface area contributed by atoms with E-state index in [2.05, 4.69) is 27.6 Å². The van der Waals surface area contributed by atoms with Crippen molar-refractivity contribution in [1.82, 2.24) is 14.5 Å².